The molecule has 32 heavy (non-hydrogen) atoms. The molecule has 0 bridgehead atoms. The zero-order valence-electron chi connectivity index (χ0n) is 16.9. The van der Waals surface area contributed by atoms with Crippen LogP contribution in [0.15, 0.2) is 24.5 Å². The molecule has 1 saturated heterocycles. The second-order valence-corrected chi connectivity index (χ2v) is 8.90. The van der Waals surface area contributed by atoms with Gasteiger partial charge in [0.15, 0.2) is 10.9 Å². The summed E-state index contributed by atoms with van der Waals surface area (Å²) in [6.45, 7) is 3.75. The van der Waals surface area contributed by atoms with Crippen molar-refractivity contribution in [3.8, 4) is 11.1 Å². The Morgan fingerprint density at radius 3 is 2.62 bits per heavy atom. The summed E-state index contributed by atoms with van der Waals surface area (Å²) >= 11 is 7.54. The Bertz CT molecular complexity index is 1390. The lowest BCUT2D eigenvalue weighted by Crippen LogP contribution is -2.48. The fraction of sp³-hybridized carbons (Fsp3) is 0.238. The van der Waals surface area contributed by atoms with E-state index in [1.165, 1.54) is 25.4 Å². The van der Waals surface area contributed by atoms with Gasteiger partial charge in [0.05, 0.1) is 15.2 Å². The van der Waals surface area contributed by atoms with Crippen LogP contribution in [-0.2, 0) is 4.79 Å². The van der Waals surface area contributed by atoms with Gasteiger partial charge in [0.25, 0.3) is 0 Å². The first-order valence-corrected chi connectivity index (χ1v) is 11.0. The standard InChI is InChI=1S/C21H17ClF2N6OS/c1-10(31)29-4-6-30(7-5-29)20-12-8-13(22)15(16(24)17(12)26-9-27-20)11-2-3-14(23)19-18(11)28-21(25)32-19/h2-3,8-9H,4-7H2,1H3,(H2,25,28). The number of rotatable bonds is 2. The van der Waals surface area contributed by atoms with Gasteiger partial charge in [-0.3, -0.25) is 4.79 Å². The lowest BCUT2D eigenvalue weighted by Gasteiger charge is -2.35. The molecule has 0 radical (unpaired) electrons. The van der Waals surface area contributed by atoms with Crippen LogP contribution in [0.2, 0.25) is 5.02 Å². The Morgan fingerprint density at radius 2 is 1.91 bits per heavy atom. The number of thiazole rings is 1. The normalized spacial score (nSPS) is 14.5. The van der Waals surface area contributed by atoms with Gasteiger partial charge < -0.3 is 15.5 Å². The quantitative estimate of drug-likeness (QED) is 0.471. The van der Waals surface area contributed by atoms with E-state index in [0.29, 0.717) is 42.9 Å². The highest BCUT2D eigenvalue weighted by molar-refractivity contribution is 7.22. The molecule has 0 saturated carbocycles. The second-order valence-electron chi connectivity index (χ2n) is 7.46. The number of piperazine rings is 1. The number of anilines is 2. The largest absolute Gasteiger partial charge is 0.375 e. The summed E-state index contributed by atoms with van der Waals surface area (Å²) in [5, 5.41) is 0.775. The lowest BCUT2D eigenvalue weighted by atomic mass is 10.0. The van der Waals surface area contributed by atoms with Crippen LogP contribution in [0.1, 0.15) is 6.92 Å². The molecular formula is C21H17ClF2N6OS. The molecule has 7 nitrogen and oxygen atoms in total. The number of nitrogens with two attached hydrogens (primary N) is 1. The van der Waals surface area contributed by atoms with Crippen LogP contribution < -0.4 is 10.6 Å². The van der Waals surface area contributed by atoms with Crippen LogP contribution in [0.5, 0.6) is 0 Å². The highest BCUT2D eigenvalue weighted by atomic mass is 35.5. The number of benzene rings is 2. The summed E-state index contributed by atoms with van der Waals surface area (Å²) in [5.74, 6) is -0.556. The summed E-state index contributed by atoms with van der Waals surface area (Å²) in [4.78, 5) is 28.0. The van der Waals surface area contributed by atoms with Crippen molar-refractivity contribution >= 4 is 60.9 Å². The molecule has 1 aliphatic rings. The van der Waals surface area contributed by atoms with Crippen LogP contribution in [0.4, 0.5) is 19.7 Å². The third kappa shape index (κ3) is 3.30. The summed E-state index contributed by atoms with van der Waals surface area (Å²) in [6, 6.07) is 4.30. The average Bonchev–Trinajstić information content (AvgIpc) is 3.17. The topological polar surface area (TPSA) is 88.2 Å². The van der Waals surface area contributed by atoms with E-state index in [1.807, 2.05) is 4.90 Å². The fourth-order valence-electron chi connectivity index (χ4n) is 4.04. The Labute approximate surface area is 190 Å². The molecular weight excluding hydrogens is 458 g/mol. The molecule has 2 aromatic heterocycles. The first-order chi connectivity index (χ1) is 15.3. The number of fused-ring (bicyclic) bond motifs is 2. The summed E-state index contributed by atoms with van der Waals surface area (Å²) < 4.78 is 30.2. The molecule has 1 fully saturated rings. The molecule has 2 aromatic carbocycles. The van der Waals surface area contributed by atoms with E-state index >= 15 is 4.39 Å². The van der Waals surface area contributed by atoms with Gasteiger partial charge in [-0.25, -0.2) is 23.7 Å². The zero-order valence-corrected chi connectivity index (χ0v) is 18.5. The summed E-state index contributed by atoms with van der Waals surface area (Å²) in [5.41, 5.74) is 6.55. The van der Waals surface area contributed by atoms with Crippen molar-refractivity contribution in [2.24, 2.45) is 0 Å². The van der Waals surface area contributed by atoms with Crippen LogP contribution in [-0.4, -0.2) is 51.9 Å². The Morgan fingerprint density at radius 1 is 1.16 bits per heavy atom. The van der Waals surface area contributed by atoms with Gasteiger partial charge in [0, 0.05) is 49.6 Å². The van der Waals surface area contributed by atoms with Gasteiger partial charge in [0.1, 0.15) is 23.5 Å². The van der Waals surface area contributed by atoms with E-state index in [0.717, 1.165) is 11.3 Å². The monoisotopic (exact) mass is 474 g/mol. The Hall–Kier alpha value is -3.11. The third-order valence-electron chi connectivity index (χ3n) is 5.61. The minimum absolute atomic E-state index is 0.0178. The molecule has 0 atom stereocenters. The predicted molar refractivity (Wildman–Crippen MR) is 122 cm³/mol. The number of amides is 1. The minimum atomic E-state index is -0.641. The van der Waals surface area contributed by atoms with E-state index < -0.39 is 11.6 Å². The van der Waals surface area contributed by atoms with Crippen molar-refractivity contribution in [3.05, 3.63) is 41.2 Å². The zero-order chi connectivity index (χ0) is 22.6. The molecule has 4 aromatic rings. The molecule has 0 aliphatic carbocycles. The van der Waals surface area contributed by atoms with Crippen LogP contribution >= 0.6 is 22.9 Å². The van der Waals surface area contributed by atoms with Crippen LogP contribution in [0.3, 0.4) is 0 Å². The third-order valence-corrected chi connectivity index (χ3v) is 6.80. The van der Waals surface area contributed by atoms with Gasteiger partial charge in [-0.15, -0.1) is 0 Å². The van der Waals surface area contributed by atoms with Crippen molar-refractivity contribution in [3.63, 3.8) is 0 Å². The molecule has 2 N–H and O–H groups in total. The number of hydrogen-bond acceptors (Lipinski definition) is 7. The SMILES string of the molecule is CC(=O)N1CCN(c2ncnc3c(F)c(-c4ccc(F)c5sc(N)nc45)c(Cl)cc23)CC1. The van der Waals surface area contributed by atoms with Gasteiger partial charge in [0.2, 0.25) is 5.91 Å². The molecule has 11 heteroatoms. The number of nitrogen functional groups attached to an aromatic ring is 1. The molecule has 0 spiro atoms. The number of nitrogens with zero attached hydrogens (tertiary/aromatic N) is 5. The highest BCUT2D eigenvalue weighted by Gasteiger charge is 2.25. The molecule has 0 unspecified atom stereocenters. The molecule has 1 amide bonds. The molecule has 3 heterocycles. The summed E-state index contributed by atoms with van der Waals surface area (Å²) in [6.07, 6.45) is 1.30. The first kappa shape index (κ1) is 20.8. The number of hydrogen-bond donors (Lipinski definition) is 1. The maximum Gasteiger partial charge on any atom is 0.219 e. The number of carbonyl (C=O) groups excluding carboxylic acids is 1. The van der Waals surface area contributed by atoms with Crippen molar-refractivity contribution in [2.45, 2.75) is 6.92 Å². The van der Waals surface area contributed by atoms with Crippen molar-refractivity contribution in [1.82, 2.24) is 19.9 Å². The van der Waals surface area contributed by atoms with Crippen LogP contribution in [0.25, 0.3) is 32.2 Å². The minimum Gasteiger partial charge on any atom is -0.375 e. The van der Waals surface area contributed by atoms with Gasteiger partial charge in [-0.2, -0.15) is 0 Å². The van der Waals surface area contributed by atoms with Gasteiger partial charge in [-0.1, -0.05) is 22.9 Å². The number of aromatic nitrogens is 3. The van der Waals surface area contributed by atoms with E-state index in [2.05, 4.69) is 15.0 Å². The Kier molecular flexibility index (Phi) is 5.06. The van der Waals surface area contributed by atoms with E-state index in [1.54, 1.807) is 11.0 Å². The number of halogens is 3. The smallest absolute Gasteiger partial charge is 0.219 e. The maximum absolute atomic E-state index is 15.8. The second kappa shape index (κ2) is 7.79. The molecule has 5 rings (SSSR count). The number of carbonyl (C=O) groups is 1. The first-order valence-electron chi connectivity index (χ1n) is 9.83. The van der Waals surface area contributed by atoms with Crippen molar-refractivity contribution in [1.29, 1.82) is 0 Å². The van der Waals surface area contributed by atoms with Gasteiger partial charge >= 0.3 is 0 Å². The molecule has 1 aliphatic heterocycles. The predicted octanol–water partition coefficient (Wildman–Crippen LogP) is 4.09. The van der Waals surface area contributed by atoms with Crippen LogP contribution in [0, 0.1) is 11.6 Å². The maximum atomic E-state index is 15.8. The van der Waals surface area contributed by atoms with E-state index in [9.17, 15) is 9.18 Å². The van der Waals surface area contributed by atoms with Crippen molar-refractivity contribution < 1.29 is 13.6 Å². The average molecular weight is 475 g/mol. The van der Waals surface area contributed by atoms with E-state index in [4.69, 9.17) is 17.3 Å². The fourth-order valence-corrected chi connectivity index (χ4v) is 5.10. The van der Waals surface area contributed by atoms with E-state index in [-0.39, 0.29) is 37.4 Å². The molecule has 164 valence electrons. The van der Waals surface area contributed by atoms with Gasteiger partial charge in [-0.05, 0) is 18.2 Å². The van der Waals surface area contributed by atoms with Crippen molar-refractivity contribution in [2.75, 3.05) is 36.8 Å². The Balaban J connectivity index is 1.64. The summed E-state index contributed by atoms with van der Waals surface area (Å²) in [7, 11) is 0. The lowest BCUT2D eigenvalue weighted by molar-refractivity contribution is -0.129. The highest BCUT2D eigenvalue weighted by Crippen LogP contribution is 2.42.